The molecule has 22 heavy (non-hydrogen) atoms. The van der Waals surface area contributed by atoms with Crippen LogP contribution in [0.3, 0.4) is 0 Å². The van der Waals surface area contributed by atoms with Gasteiger partial charge in [-0.25, -0.2) is 4.98 Å². The van der Waals surface area contributed by atoms with Crippen molar-refractivity contribution in [3.05, 3.63) is 48.7 Å². The zero-order valence-corrected chi connectivity index (χ0v) is 13.6. The van der Waals surface area contributed by atoms with Crippen molar-refractivity contribution in [1.82, 2.24) is 9.97 Å². The van der Waals surface area contributed by atoms with E-state index in [1.807, 2.05) is 56.6 Å². The molecule has 4 nitrogen and oxygen atoms in total. The van der Waals surface area contributed by atoms with Crippen molar-refractivity contribution < 1.29 is 4.74 Å². The van der Waals surface area contributed by atoms with Crippen molar-refractivity contribution in [2.24, 2.45) is 0 Å². The van der Waals surface area contributed by atoms with Gasteiger partial charge in [0.25, 0.3) is 0 Å². The summed E-state index contributed by atoms with van der Waals surface area (Å²) < 4.78 is 5.45. The van der Waals surface area contributed by atoms with Crippen LogP contribution in [-0.2, 0) is 0 Å². The second-order valence-corrected chi connectivity index (χ2v) is 5.96. The number of anilines is 1. The van der Waals surface area contributed by atoms with Crippen molar-refractivity contribution >= 4 is 16.3 Å². The molecule has 0 saturated heterocycles. The van der Waals surface area contributed by atoms with E-state index in [2.05, 4.69) is 9.88 Å². The molecule has 3 aromatic rings. The number of ether oxygens (including phenoxy) is 1. The van der Waals surface area contributed by atoms with Crippen LogP contribution in [0.4, 0.5) is 5.00 Å². The van der Waals surface area contributed by atoms with Crippen LogP contribution in [-0.4, -0.2) is 31.2 Å². The monoisotopic (exact) mass is 311 g/mol. The summed E-state index contributed by atoms with van der Waals surface area (Å²) in [5, 5.41) is 2.02. The van der Waals surface area contributed by atoms with Crippen LogP contribution in [0, 0.1) is 0 Å². The van der Waals surface area contributed by atoms with Crippen LogP contribution in [0.1, 0.15) is 0 Å². The quantitative estimate of drug-likeness (QED) is 0.731. The molecule has 0 amide bonds. The highest BCUT2D eigenvalue weighted by Gasteiger charge is 2.18. The van der Waals surface area contributed by atoms with Crippen molar-refractivity contribution in [3.63, 3.8) is 0 Å². The molecule has 0 aliphatic carbocycles. The molecular formula is C17H17N3OS. The molecule has 1 aromatic carbocycles. The first kappa shape index (κ1) is 14.5. The SMILES string of the molecule is COc1ccccc1-c1nc(-c2ccccn2)c(N(C)C)s1. The normalized spacial score (nSPS) is 10.5. The number of para-hydroxylation sites is 1. The number of thiazole rings is 1. The molecule has 0 N–H and O–H groups in total. The summed E-state index contributed by atoms with van der Waals surface area (Å²) in [4.78, 5) is 11.3. The minimum absolute atomic E-state index is 0.828. The molecule has 0 spiro atoms. The van der Waals surface area contributed by atoms with Gasteiger partial charge in [0.15, 0.2) is 0 Å². The summed E-state index contributed by atoms with van der Waals surface area (Å²) in [7, 11) is 5.72. The first-order chi connectivity index (χ1) is 10.7. The lowest BCUT2D eigenvalue weighted by atomic mass is 10.2. The third-order valence-corrected chi connectivity index (χ3v) is 4.52. The first-order valence-corrected chi connectivity index (χ1v) is 7.75. The summed E-state index contributed by atoms with van der Waals surface area (Å²) in [5.41, 5.74) is 2.78. The van der Waals surface area contributed by atoms with Crippen molar-refractivity contribution in [1.29, 1.82) is 0 Å². The van der Waals surface area contributed by atoms with Gasteiger partial charge in [0.2, 0.25) is 0 Å². The fourth-order valence-corrected chi connectivity index (χ4v) is 3.25. The Labute approximate surface area is 134 Å². The summed E-state index contributed by atoms with van der Waals surface area (Å²) in [6.45, 7) is 0. The highest BCUT2D eigenvalue weighted by molar-refractivity contribution is 7.19. The number of pyridine rings is 1. The molecule has 0 atom stereocenters. The number of aromatic nitrogens is 2. The fourth-order valence-electron chi connectivity index (χ4n) is 2.22. The van der Waals surface area contributed by atoms with E-state index in [0.717, 1.165) is 32.7 Å². The molecule has 5 heteroatoms. The van der Waals surface area contributed by atoms with Gasteiger partial charge >= 0.3 is 0 Å². The predicted molar refractivity (Wildman–Crippen MR) is 91.7 cm³/mol. The highest BCUT2D eigenvalue weighted by Crippen LogP contribution is 2.41. The van der Waals surface area contributed by atoms with E-state index in [9.17, 15) is 0 Å². The number of rotatable bonds is 4. The lowest BCUT2D eigenvalue weighted by Crippen LogP contribution is -2.08. The van der Waals surface area contributed by atoms with Crippen molar-refractivity contribution in [3.8, 4) is 27.7 Å². The maximum Gasteiger partial charge on any atom is 0.129 e. The maximum absolute atomic E-state index is 5.45. The van der Waals surface area contributed by atoms with E-state index in [0.29, 0.717) is 0 Å². The van der Waals surface area contributed by atoms with Gasteiger partial charge in [-0.1, -0.05) is 29.5 Å². The van der Waals surface area contributed by atoms with Gasteiger partial charge in [0.1, 0.15) is 21.5 Å². The second-order valence-electron chi connectivity index (χ2n) is 4.98. The van der Waals surface area contributed by atoms with Gasteiger partial charge in [0, 0.05) is 20.3 Å². The molecule has 3 rings (SSSR count). The molecule has 0 unspecified atom stereocenters. The van der Waals surface area contributed by atoms with Crippen LogP contribution in [0.15, 0.2) is 48.7 Å². The Hall–Kier alpha value is -2.40. The molecule has 2 heterocycles. The van der Waals surface area contributed by atoms with Crippen LogP contribution < -0.4 is 9.64 Å². The Balaban J connectivity index is 2.15. The summed E-state index contributed by atoms with van der Waals surface area (Å²) in [5.74, 6) is 0.828. The minimum atomic E-state index is 0.828. The Kier molecular flexibility index (Phi) is 4.06. The predicted octanol–water partition coefficient (Wildman–Crippen LogP) is 3.95. The van der Waals surface area contributed by atoms with Crippen molar-refractivity contribution in [2.45, 2.75) is 0 Å². The number of methoxy groups -OCH3 is 1. The molecule has 2 aromatic heterocycles. The number of hydrogen-bond donors (Lipinski definition) is 0. The largest absolute Gasteiger partial charge is 0.496 e. The molecule has 112 valence electrons. The minimum Gasteiger partial charge on any atom is -0.496 e. The third kappa shape index (κ3) is 2.67. The Morgan fingerprint density at radius 3 is 2.50 bits per heavy atom. The van der Waals surface area contributed by atoms with Gasteiger partial charge in [-0.2, -0.15) is 0 Å². The summed E-state index contributed by atoms with van der Waals surface area (Å²) in [6.07, 6.45) is 1.79. The molecule has 0 aliphatic rings. The Morgan fingerprint density at radius 1 is 1.05 bits per heavy atom. The van der Waals surface area contributed by atoms with E-state index >= 15 is 0 Å². The zero-order chi connectivity index (χ0) is 15.5. The van der Waals surface area contributed by atoms with Gasteiger partial charge in [-0.05, 0) is 24.3 Å². The zero-order valence-electron chi connectivity index (χ0n) is 12.8. The second kappa shape index (κ2) is 6.15. The summed E-state index contributed by atoms with van der Waals surface area (Å²) in [6, 6.07) is 13.8. The summed E-state index contributed by atoms with van der Waals surface area (Å²) >= 11 is 1.64. The highest BCUT2D eigenvalue weighted by atomic mass is 32.1. The van der Waals surface area contributed by atoms with Crippen LogP contribution in [0.25, 0.3) is 22.0 Å². The fraction of sp³-hybridized carbons (Fsp3) is 0.176. The lowest BCUT2D eigenvalue weighted by molar-refractivity contribution is 0.416. The van der Waals surface area contributed by atoms with Gasteiger partial charge < -0.3 is 9.64 Å². The molecule has 0 fully saturated rings. The average molecular weight is 311 g/mol. The Bertz CT molecular complexity index is 769. The molecule has 0 bridgehead atoms. The van der Waals surface area contributed by atoms with Gasteiger partial charge in [0.05, 0.1) is 18.4 Å². The topological polar surface area (TPSA) is 38.3 Å². The van der Waals surface area contributed by atoms with E-state index < -0.39 is 0 Å². The Morgan fingerprint density at radius 2 is 1.82 bits per heavy atom. The van der Waals surface area contributed by atoms with E-state index in [1.54, 1.807) is 24.6 Å². The maximum atomic E-state index is 5.45. The van der Waals surface area contributed by atoms with Crippen LogP contribution in [0.5, 0.6) is 5.75 Å². The van der Waals surface area contributed by atoms with E-state index in [1.165, 1.54) is 0 Å². The van der Waals surface area contributed by atoms with Gasteiger partial charge in [-0.15, -0.1) is 0 Å². The molecule has 0 radical (unpaired) electrons. The smallest absolute Gasteiger partial charge is 0.129 e. The van der Waals surface area contributed by atoms with E-state index in [4.69, 9.17) is 9.72 Å². The molecular weight excluding hydrogens is 294 g/mol. The van der Waals surface area contributed by atoms with Gasteiger partial charge in [-0.3, -0.25) is 4.98 Å². The standard InChI is InChI=1S/C17H17N3OS/c1-20(2)17-15(13-9-6-7-11-18-13)19-16(22-17)12-8-4-5-10-14(12)21-3/h4-11H,1-3H3. The molecule has 0 aliphatic heterocycles. The van der Waals surface area contributed by atoms with Crippen molar-refractivity contribution in [2.75, 3.05) is 26.1 Å². The first-order valence-electron chi connectivity index (χ1n) is 6.93. The lowest BCUT2D eigenvalue weighted by Gasteiger charge is -2.10. The molecule has 0 saturated carbocycles. The number of nitrogens with zero attached hydrogens (tertiary/aromatic N) is 3. The van der Waals surface area contributed by atoms with Crippen LogP contribution >= 0.6 is 11.3 Å². The third-order valence-electron chi connectivity index (χ3n) is 3.26. The van der Waals surface area contributed by atoms with E-state index in [-0.39, 0.29) is 0 Å². The average Bonchev–Trinajstić information content (AvgIpc) is 3.01. The number of hydrogen-bond acceptors (Lipinski definition) is 5. The van der Waals surface area contributed by atoms with Crippen LogP contribution in [0.2, 0.25) is 0 Å². The number of benzene rings is 1.